The predicted octanol–water partition coefficient (Wildman–Crippen LogP) is -0.402. The lowest BCUT2D eigenvalue weighted by molar-refractivity contribution is 0.112. The third-order valence-electron chi connectivity index (χ3n) is 0.435. The van der Waals surface area contributed by atoms with E-state index in [1.807, 2.05) is 5.48 Å². The summed E-state index contributed by atoms with van der Waals surface area (Å²) >= 11 is 0. The third kappa shape index (κ3) is 4.99. The highest BCUT2D eigenvalue weighted by Crippen LogP contribution is 1.59. The lowest BCUT2D eigenvalue weighted by Crippen LogP contribution is -2.11. The summed E-state index contributed by atoms with van der Waals surface area (Å²) in [6, 6.07) is 0. The molecule has 3 nitrogen and oxygen atoms in total. The Bertz CT molecular complexity index is 111. The Morgan fingerprint density at radius 3 is 3.00 bits per heavy atom. The lowest BCUT2D eigenvalue weighted by Gasteiger charge is -1.88. The molecule has 3 heteroatoms. The van der Waals surface area contributed by atoms with Gasteiger partial charge < -0.3 is 0 Å². The fraction of sp³-hybridized carbons (Fsp3) is 0.400. The van der Waals surface area contributed by atoms with Gasteiger partial charge in [-0.2, -0.15) is 0 Å². The first-order valence-electron chi connectivity index (χ1n) is 2.05. The summed E-state index contributed by atoms with van der Waals surface area (Å²) in [5, 5.41) is 0. The first-order valence-corrected chi connectivity index (χ1v) is 2.05. The molecule has 0 fully saturated rings. The van der Waals surface area contributed by atoms with Crippen LogP contribution in [0.15, 0.2) is 0 Å². The van der Waals surface area contributed by atoms with Gasteiger partial charge in [0.1, 0.15) is 6.61 Å². The van der Waals surface area contributed by atoms with E-state index in [9.17, 15) is 4.79 Å². The number of carbonyl (C=O) groups excluding carboxylic acids is 1. The molecule has 0 atom stereocenters. The van der Waals surface area contributed by atoms with E-state index >= 15 is 0 Å². The van der Waals surface area contributed by atoms with Gasteiger partial charge in [-0.1, -0.05) is 5.92 Å². The lowest BCUT2D eigenvalue weighted by atomic mass is 10.6. The van der Waals surface area contributed by atoms with Gasteiger partial charge >= 0.3 is 6.41 Å². The third-order valence-corrected chi connectivity index (χ3v) is 0.435. The van der Waals surface area contributed by atoms with Crippen LogP contribution in [0.3, 0.4) is 0 Å². The van der Waals surface area contributed by atoms with Crippen LogP contribution >= 0.6 is 0 Å². The average Bonchev–Trinajstić information content (AvgIpc) is 1.81. The SMILES string of the molecule is CC#CCON[C]=O. The van der Waals surface area contributed by atoms with Crippen molar-refractivity contribution >= 4 is 6.41 Å². The smallest absolute Gasteiger partial charge is 0.261 e. The van der Waals surface area contributed by atoms with E-state index < -0.39 is 0 Å². The Labute approximate surface area is 48.0 Å². The van der Waals surface area contributed by atoms with Gasteiger partial charge in [0.05, 0.1) is 0 Å². The van der Waals surface area contributed by atoms with E-state index in [1.165, 1.54) is 6.41 Å². The minimum atomic E-state index is 0.214. The minimum Gasteiger partial charge on any atom is -0.261 e. The highest BCUT2D eigenvalue weighted by molar-refractivity contribution is 5.44. The molecule has 0 heterocycles. The largest absolute Gasteiger partial charge is 0.335 e. The van der Waals surface area contributed by atoms with Crippen molar-refractivity contribution in [3.05, 3.63) is 0 Å². The quantitative estimate of drug-likeness (QED) is 0.233. The second-order valence-electron chi connectivity index (χ2n) is 0.920. The van der Waals surface area contributed by atoms with Gasteiger partial charge in [0.2, 0.25) is 0 Å². The Balaban J connectivity index is 2.89. The second kappa shape index (κ2) is 5.99. The summed E-state index contributed by atoms with van der Waals surface area (Å²) in [6.07, 6.45) is 1.34. The number of nitrogens with one attached hydrogen (secondary N) is 1. The van der Waals surface area contributed by atoms with E-state index in [-0.39, 0.29) is 6.61 Å². The van der Waals surface area contributed by atoms with Crippen molar-refractivity contribution in [2.45, 2.75) is 6.92 Å². The van der Waals surface area contributed by atoms with E-state index in [0.29, 0.717) is 0 Å². The zero-order valence-corrected chi connectivity index (χ0v) is 4.52. The molecule has 0 unspecified atom stereocenters. The maximum Gasteiger partial charge on any atom is 0.335 e. The molecule has 43 valence electrons. The molecule has 0 saturated carbocycles. The molecule has 0 bridgehead atoms. The fourth-order valence-corrected chi connectivity index (χ4v) is 0.174. The van der Waals surface area contributed by atoms with Crippen molar-refractivity contribution in [2.75, 3.05) is 6.61 Å². The predicted molar refractivity (Wildman–Crippen MR) is 28.2 cm³/mol. The van der Waals surface area contributed by atoms with Crippen molar-refractivity contribution in [1.29, 1.82) is 0 Å². The summed E-state index contributed by atoms with van der Waals surface area (Å²) < 4.78 is 0. The number of amides is 1. The van der Waals surface area contributed by atoms with Gasteiger partial charge in [0.15, 0.2) is 0 Å². The summed E-state index contributed by atoms with van der Waals surface area (Å²) in [5.74, 6) is 5.15. The molecule has 8 heavy (non-hydrogen) atoms. The van der Waals surface area contributed by atoms with Crippen molar-refractivity contribution in [1.82, 2.24) is 5.48 Å². The first kappa shape index (κ1) is 6.99. The number of hydroxylamine groups is 1. The van der Waals surface area contributed by atoms with E-state index in [4.69, 9.17) is 0 Å². The van der Waals surface area contributed by atoms with Crippen molar-refractivity contribution in [3.8, 4) is 11.8 Å². The zero-order valence-electron chi connectivity index (χ0n) is 4.52. The Morgan fingerprint density at radius 1 is 1.75 bits per heavy atom. The number of rotatable bonds is 3. The van der Waals surface area contributed by atoms with Crippen LogP contribution < -0.4 is 5.48 Å². The molecule has 0 saturated heterocycles. The number of hydrogen-bond acceptors (Lipinski definition) is 2. The number of hydrogen-bond donors (Lipinski definition) is 1. The van der Waals surface area contributed by atoms with Gasteiger partial charge in [-0.3, -0.25) is 9.63 Å². The topological polar surface area (TPSA) is 38.3 Å². The zero-order chi connectivity index (χ0) is 6.24. The molecule has 0 aromatic carbocycles. The van der Waals surface area contributed by atoms with Crippen LogP contribution in [0, 0.1) is 11.8 Å². The van der Waals surface area contributed by atoms with Crippen LogP contribution in [0.4, 0.5) is 0 Å². The maximum absolute atomic E-state index is 9.36. The van der Waals surface area contributed by atoms with Gasteiger partial charge in [-0.05, 0) is 6.92 Å². The molecule has 0 aromatic rings. The molecular weight excluding hydrogens is 106 g/mol. The van der Waals surface area contributed by atoms with Gasteiger partial charge in [0, 0.05) is 0 Å². The summed E-state index contributed by atoms with van der Waals surface area (Å²) in [5.41, 5.74) is 1.88. The summed E-state index contributed by atoms with van der Waals surface area (Å²) in [4.78, 5) is 13.7. The van der Waals surface area contributed by atoms with Gasteiger partial charge in [-0.25, -0.2) is 5.48 Å². The van der Waals surface area contributed by atoms with E-state index in [2.05, 4.69) is 16.7 Å². The van der Waals surface area contributed by atoms with Crippen LogP contribution in [0.25, 0.3) is 0 Å². The molecular formula is C5H6NO2. The molecule has 0 aliphatic rings. The van der Waals surface area contributed by atoms with Crippen LogP contribution in [0.2, 0.25) is 0 Å². The standard InChI is InChI=1S/C5H6NO2/c1-2-3-4-8-6-5-7/h4H2,1H3,(H,6,7). The fourth-order valence-electron chi connectivity index (χ4n) is 0.174. The van der Waals surface area contributed by atoms with E-state index in [0.717, 1.165) is 0 Å². The molecule has 1 N–H and O–H groups in total. The molecule has 0 aliphatic heterocycles. The first-order chi connectivity index (χ1) is 3.91. The molecule has 1 radical (unpaired) electrons. The highest BCUT2D eigenvalue weighted by atomic mass is 16.6. The minimum absolute atomic E-state index is 0.214. The Morgan fingerprint density at radius 2 is 2.50 bits per heavy atom. The van der Waals surface area contributed by atoms with Crippen molar-refractivity contribution in [3.63, 3.8) is 0 Å². The highest BCUT2D eigenvalue weighted by Gasteiger charge is 1.73. The van der Waals surface area contributed by atoms with Crippen LogP contribution in [0.1, 0.15) is 6.92 Å². The Kier molecular flexibility index (Phi) is 5.23. The van der Waals surface area contributed by atoms with E-state index in [1.54, 1.807) is 6.92 Å². The molecule has 0 aliphatic carbocycles. The Hall–Kier alpha value is -1.01. The normalized spacial score (nSPS) is 6.62. The van der Waals surface area contributed by atoms with Gasteiger partial charge in [0.25, 0.3) is 0 Å². The summed E-state index contributed by atoms with van der Waals surface area (Å²) in [7, 11) is 0. The van der Waals surface area contributed by atoms with Crippen LogP contribution in [0.5, 0.6) is 0 Å². The second-order valence-corrected chi connectivity index (χ2v) is 0.920. The summed E-state index contributed by atoms with van der Waals surface area (Å²) in [6.45, 7) is 1.90. The molecule has 0 spiro atoms. The van der Waals surface area contributed by atoms with Crippen LogP contribution in [-0.4, -0.2) is 13.0 Å². The molecule has 0 rings (SSSR count). The van der Waals surface area contributed by atoms with Gasteiger partial charge in [-0.15, -0.1) is 5.92 Å². The monoisotopic (exact) mass is 112 g/mol. The maximum atomic E-state index is 9.36. The van der Waals surface area contributed by atoms with Crippen LogP contribution in [-0.2, 0) is 9.63 Å². The molecule has 0 aromatic heterocycles. The average molecular weight is 112 g/mol. The molecule has 1 amide bonds. The van der Waals surface area contributed by atoms with Crippen molar-refractivity contribution < 1.29 is 9.63 Å². The van der Waals surface area contributed by atoms with Crippen molar-refractivity contribution in [2.24, 2.45) is 0 Å².